The summed E-state index contributed by atoms with van der Waals surface area (Å²) in [5, 5.41) is 17.4. The van der Waals surface area contributed by atoms with E-state index in [4.69, 9.17) is 14.9 Å². The monoisotopic (exact) mass is 287 g/mol. The van der Waals surface area contributed by atoms with Crippen molar-refractivity contribution in [1.29, 1.82) is 0 Å². The second-order valence-corrected chi connectivity index (χ2v) is 5.14. The summed E-state index contributed by atoms with van der Waals surface area (Å²) < 4.78 is 5.17. The molecule has 0 aromatic heterocycles. The van der Waals surface area contributed by atoms with Crippen molar-refractivity contribution >= 4 is 11.9 Å². The lowest BCUT2D eigenvalue weighted by Gasteiger charge is -2.29. The zero-order chi connectivity index (χ0) is 14.8. The number of rotatable bonds is 9. The number of amides is 1. The Morgan fingerprint density at radius 1 is 1.10 bits per heavy atom. The van der Waals surface area contributed by atoms with E-state index in [2.05, 4.69) is 0 Å². The van der Waals surface area contributed by atoms with Crippen LogP contribution in [0.15, 0.2) is 0 Å². The van der Waals surface area contributed by atoms with Crippen molar-refractivity contribution in [3.8, 4) is 0 Å². The fourth-order valence-corrected chi connectivity index (χ4v) is 2.51. The summed E-state index contributed by atoms with van der Waals surface area (Å²) in [5.74, 6) is -0.809. The first kappa shape index (κ1) is 16.9. The maximum atomic E-state index is 12.4. The van der Waals surface area contributed by atoms with E-state index >= 15 is 0 Å². The van der Waals surface area contributed by atoms with Crippen LogP contribution in [-0.4, -0.2) is 59.9 Å². The molecule has 20 heavy (non-hydrogen) atoms. The molecule has 1 aliphatic rings. The lowest BCUT2D eigenvalue weighted by molar-refractivity contribution is -0.140. The lowest BCUT2D eigenvalue weighted by Crippen LogP contribution is -2.40. The van der Waals surface area contributed by atoms with Crippen LogP contribution in [0.25, 0.3) is 0 Å². The van der Waals surface area contributed by atoms with E-state index in [9.17, 15) is 9.59 Å². The Labute approximate surface area is 119 Å². The van der Waals surface area contributed by atoms with Gasteiger partial charge in [0.2, 0.25) is 5.91 Å². The highest BCUT2D eigenvalue weighted by molar-refractivity contribution is 5.79. The molecule has 0 bridgehead atoms. The normalized spacial score (nSPS) is 16.1. The lowest BCUT2D eigenvalue weighted by atomic mass is 9.88. The minimum atomic E-state index is -0.900. The van der Waals surface area contributed by atoms with Crippen LogP contribution in [0.1, 0.15) is 38.5 Å². The fourth-order valence-electron chi connectivity index (χ4n) is 2.51. The molecule has 116 valence electrons. The fraction of sp³-hybridized carbons (Fsp3) is 0.857. The molecule has 1 fully saturated rings. The third-order valence-corrected chi connectivity index (χ3v) is 3.60. The van der Waals surface area contributed by atoms with Crippen molar-refractivity contribution < 1.29 is 24.5 Å². The molecule has 0 atom stereocenters. The molecule has 0 unspecified atom stereocenters. The summed E-state index contributed by atoms with van der Waals surface area (Å²) in [7, 11) is 0. The van der Waals surface area contributed by atoms with Crippen molar-refractivity contribution in [2.24, 2.45) is 5.92 Å². The smallest absolute Gasteiger partial charge is 0.305 e. The number of hydrogen-bond donors (Lipinski definition) is 2. The van der Waals surface area contributed by atoms with Crippen molar-refractivity contribution in [1.82, 2.24) is 4.90 Å². The first-order valence-corrected chi connectivity index (χ1v) is 7.34. The number of ether oxygens (including phenoxy) is 1. The summed E-state index contributed by atoms with van der Waals surface area (Å²) >= 11 is 0. The maximum Gasteiger partial charge on any atom is 0.305 e. The highest BCUT2D eigenvalue weighted by Crippen LogP contribution is 2.25. The predicted molar refractivity (Wildman–Crippen MR) is 73.3 cm³/mol. The van der Waals surface area contributed by atoms with Crippen molar-refractivity contribution in [2.45, 2.75) is 38.5 Å². The Morgan fingerprint density at radius 2 is 1.80 bits per heavy atom. The number of nitrogens with zero attached hydrogens (tertiary/aromatic N) is 1. The molecule has 1 rings (SSSR count). The first-order chi connectivity index (χ1) is 9.65. The zero-order valence-electron chi connectivity index (χ0n) is 11.9. The molecule has 0 saturated heterocycles. The van der Waals surface area contributed by atoms with Crippen LogP contribution in [-0.2, 0) is 14.3 Å². The number of carboxylic acids is 1. The maximum absolute atomic E-state index is 12.4. The average molecular weight is 287 g/mol. The first-order valence-electron chi connectivity index (χ1n) is 7.34. The molecular weight excluding hydrogens is 262 g/mol. The van der Waals surface area contributed by atoms with Crippen LogP contribution >= 0.6 is 0 Å². The van der Waals surface area contributed by atoms with Crippen molar-refractivity contribution in [2.75, 3.05) is 32.9 Å². The van der Waals surface area contributed by atoms with Crippen LogP contribution < -0.4 is 0 Å². The predicted octanol–water partition coefficient (Wildman–Crippen LogP) is 0.879. The van der Waals surface area contributed by atoms with Crippen molar-refractivity contribution in [3.63, 3.8) is 0 Å². The number of aliphatic carboxylic acids is 1. The minimum Gasteiger partial charge on any atom is -0.481 e. The number of aliphatic hydroxyl groups is 1. The van der Waals surface area contributed by atoms with Gasteiger partial charge in [-0.3, -0.25) is 9.59 Å². The summed E-state index contributed by atoms with van der Waals surface area (Å²) in [4.78, 5) is 24.7. The summed E-state index contributed by atoms with van der Waals surface area (Å²) in [6, 6.07) is 0. The Balaban J connectivity index is 2.45. The van der Waals surface area contributed by atoms with E-state index in [-0.39, 0.29) is 38.0 Å². The molecule has 1 amide bonds. The van der Waals surface area contributed by atoms with Gasteiger partial charge in [0.1, 0.15) is 0 Å². The molecule has 0 spiro atoms. The van der Waals surface area contributed by atoms with E-state index < -0.39 is 5.97 Å². The molecular formula is C14H25NO5. The molecule has 6 nitrogen and oxygen atoms in total. The van der Waals surface area contributed by atoms with Crippen LogP contribution in [0.4, 0.5) is 0 Å². The molecule has 0 aliphatic heterocycles. The third kappa shape index (κ3) is 6.34. The number of carbonyl (C=O) groups is 2. The van der Waals surface area contributed by atoms with Gasteiger partial charge < -0.3 is 19.8 Å². The molecule has 6 heteroatoms. The standard InChI is InChI=1S/C14H25NO5/c16-9-11-20-10-8-15(7-6-13(17)18)14(19)12-4-2-1-3-5-12/h12,16H,1-11H2,(H,17,18). The molecule has 1 aliphatic carbocycles. The second kappa shape index (κ2) is 9.72. The molecule has 0 heterocycles. The van der Waals surface area contributed by atoms with Gasteiger partial charge in [-0.25, -0.2) is 0 Å². The topological polar surface area (TPSA) is 87.1 Å². The quantitative estimate of drug-likeness (QED) is 0.615. The molecule has 1 saturated carbocycles. The Kier molecular flexibility index (Phi) is 8.22. The highest BCUT2D eigenvalue weighted by atomic mass is 16.5. The largest absolute Gasteiger partial charge is 0.481 e. The van der Waals surface area contributed by atoms with Gasteiger partial charge in [-0.2, -0.15) is 0 Å². The Morgan fingerprint density at radius 3 is 2.40 bits per heavy atom. The molecule has 0 aromatic carbocycles. The summed E-state index contributed by atoms with van der Waals surface area (Å²) in [5.41, 5.74) is 0. The number of carboxylic acid groups (broad SMARTS) is 1. The van der Waals surface area contributed by atoms with E-state index in [1.165, 1.54) is 6.42 Å². The number of carbonyl (C=O) groups excluding carboxylic acids is 1. The SMILES string of the molecule is O=C(O)CCN(CCOCCO)C(=O)C1CCCCC1. The van der Waals surface area contributed by atoms with Crippen LogP contribution in [0, 0.1) is 5.92 Å². The Bertz CT molecular complexity index is 302. The van der Waals surface area contributed by atoms with Gasteiger partial charge in [-0.15, -0.1) is 0 Å². The van der Waals surface area contributed by atoms with Gasteiger partial charge in [0.15, 0.2) is 0 Å². The summed E-state index contributed by atoms with van der Waals surface area (Å²) in [6.07, 6.45) is 5.09. The number of aliphatic hydroxyl groups excluding tert-OH is 1. The van der Waals surface area contributed by atoms with Gasteiger partial charge in [0.25, 0.3) is 0 Å². The van der Waals surface area contributed by atoms with Gasteiger partial charge in [0, 0.05) is 19.0 Å². The van der Waals surface area contributed by atoms with Crippen LogP contribution in [0.2, 0.25) is 0 Å². The minimum absolute atomic E-state index is 0.0374. The van der Waals surface area contributed by atoms with Gasteiger partial charge in [-0.05, 0) is 12.8 Å². The molecule has 0 radical (unpaired) electrons. The molecule has 0 aromatic rings. The zero-order valence-corrected chi connectivity index (χ0v) is 11.9. The van der Waals surface area contributed by atoms with Gasteiger partial charge in [0.05, 0.1) is 26.2 Å². The third-order valence-electron chi connectivity index (χ3n) is 3.60. The van der Waals surface area contributed by atoms with Gasteiger partial charge in [-0.1, -0.05) is 19.3 Å². The Hall–Kier alpha value is -1.14. The highest BCUT2D eigenvalue weighted by Gasteiger charge is 2.26. The number of hydrogen-bond acceptors (Lipinski definition) is 4. The van der Waals surface area contributed by atoms with E-state index in [0.29, 0.717) is 13.2 Å². The van der Waals surface area contributed by atoms with Crippen LogP contribution in [0.5, 0.6) is 0 Å². The average Bonchev–Trinajstić information content (AvgIpc) is 2.46. The summed E-state index contributed by atoms with van der Waals surface area (Å²) in [6.45, 7) is 1.14. The second-order valence-electron chi connectivity index (χ2n) is 5.14. The van der Waals surface area contributed by atoms with E-state index in [1.54, 1.807) is 4.90 Å². The van der Waals surface area contributed by atoms with Gasteiger partial charge >= 0.3 is 5.97 Å². The molecule has 2 N–H and O–H groups in total. The van der Waals surface area contributed by atoms with E-state index in [0.717, 1.165) is 25.7 Å². The van der Waals surface area contributed by atoms with Crippen LogP contribution in [0.3, 0.4) is 0 Å². The van der Waals surface area contributed by atoms with E-state index in [1.807, 2.05) is 0 Å². The van der Waals surface area contributed by atoms with Crippen molar-refractivity contribution in [3.05, 3.63) is 0 Å².